The second-order valence-electron chi connectivity index (χ2n) is 4.97. The van der Waals surface area contributed by atoms with Crippen LogP contribution in [0.4, 0.5) is 5.69 Å². The van der Waals surface area contributed by atoms with E-state index in [1.807, 2.05) is 13.8 Å². The standard InChI is InChI=1S/C13H22N4O2/c1-9(2)7-16-12(18)4-5-15-13(19)11-6-10(14)8-17(11)3/h6,8-9H,4-5,7,14H2,1-3H3,(H,15,19)(H,16,18). The largest absolute Gasteiger partial charge is 0.397 e. The Morgan fingerprint density at radius 2 is 2.05 bits per heavy atom. The molecule has 1 rings (SSSR count). The van der Waals surface area contributed by atoms with Crippen molar-refractivity contribution in [3.05, 3.63) is 18.0 Å². The fourth-order valence-corrected chi connectivity index (χ4v) is 1.60. The van der Waals surface area contributed by atoms with Crippen molar-refractivity contribution in [1.29, 1.82) is 0 Å². The molecule has 0 bridgehead atoms. The summed E-state index contributed by atoms with van der Waals surface area (Å²) in [6.07, 6.45) is 1.95. The van der Waals surface area contributed by atoms with Crippen molar-refractivity contribution in [1.82, 2.24) is 15.2 Å². The Hall–Kier alpha value is -1.98. The summed E-state index contributed by atoms with van der Waals surface area (Å²) >= 11 is 0. The molecule has 0 fully saturated rings. The smallest absolute Gasteiger partial charge is 0.267 e. The van der Waals surface area contributed by atoms with Gasteiger partial charge in [-0.05, 0) is 12.0 Å². The average molecular weight is 266 g/mol. The van der Waals surface area contributed by atoms with Gasteiger partial charge >= 0.3 is 0 Å². The SMILES string of the molecule is CC(C)CNC(=O)CCNC(=O)c1cc(N)cn1C. The lowest BCUT2D eigenvalue weighted by Gasteiger charge is -2.08. The summed E-state index contributed by atoms with van der Waals surface area (Å²) in [6, 6.07) is 1.61. The molecule has 0 saturated heterocycles. The number of nitrogens with one attached hydrogen (secondary N) is 2. The van der Waals surface area contributed by atoms with Crippen LogP contribution in [0.5, 0.6) is 0 Å². The summed E-state index contributed by atoms with van der Waals surface area (Å²) in [4.78, 5) is 23.3. The molecular formula is C13H22N4O2. The Morgan fingerprint density at radius 3 is 2.58 bits per heavy atom. The third-order valence-corrected chi connectivity index (χ3v) is 2.60. The first-order valence-electron chi connectivity index (χ1n) is 6.37. The molecule has 106 valence electrons. The summed E-state index contributed by atoms with van der Waals surface area (Å²) < 4.78 is 1.66. The maximum absolute atomic E-state index is 11.8. The number of anilines is 1. The van der Waals surface area contributed by atoms with Gasteiger partial charge in [0.2, 0.25) is 5.91 Å². The van der Waals surface area contributed by atoms with Gasteiger partial charge in [-0.1, -0.05) is 13.8 Å². The van der Waals surface area contributed by atoms with Crippen molar-refractivity contribution in [2.45, 2.75) is 20.3 Å². The van der Waals surface area contributed by atoms with Gasteiger partial charge in [0.05, 0.1) is 5.69 Å². The fraction of sp³-hybridized carbons (Fsp3) is 0.538. The summed E-state index contributed by atoms with van der Waals surface area (Å²) in [6.45, 7) is 5.03. The summed E-state index contributed by atoms with van der Waals surface area (Å²) in [5.41, 5.74) is 6.63. The van der Waals surface area contributed by atoms with E-state index in [9.17, 15) is 9.59 Å². The molecule has 1 aromatic rings. The topological polar surface area (TPSA) is 89.2 Å². The second-order valence-corrected chi connectivity index (χ2v) is 4.97. The molecule has 0 aromatic carbocycles. The molecule has 0 unspecified atom stereocenters. The molecule has 0 aliphatic rings. The van der Waals surface area contributed by atoms with Crippen molar-refractivity contribution >= 4 is 17.5 Å². The minimum Gasteiger partial charge on any atom is -0.397 e. The summed E-state index contributed by atoms with van der Waals surface area (Å²) in [5, 5.41) is 5.49. The second kappa shape index (κ2) is 6.82. The zero-order valence-corrected chi connectivity index (χ0v) is 11.7. The quantitative estimate of drug-likeness (QED) is 0.700. The zero-order valence-electron chi connectivity index (χ0n) is 11.7. The third kappa shape index (κ3) is 5.03. The summed E-state index contributed by atoms with van der Waals surface area (Å²) in [7, 11) is 1.75. The van der Waals surface area contributed by atoms with Crippen molar-refractivity contribution in [3.8, 4) is 0 Å². The van der Waals surface area contributed by atoms with E-state index in [2.05, 4.69) is 10.6 Å². The van der Waals surface area contributed by atoms with E-state index in [1.165, 1.54) is 0 Å². The Kier molecular flexibility index (Phi) is 5.41. The van der Waals surface area contributed by atoms with Crippen molar-refractivity contribution in [2.24, 2.45) is 13.0 Å². The number of rotatable bonds is 6. The number of carbonyl (C=O) groups is 2. The highest BCUT2D eigenvalue weighted by molar-refractivity contribution is 5.94. The van der Waals surface area contributed by atoms with E-state index in [4.69, 9.17) is 5.73 Å². The van der Waals surface area contributed by atoms with Crippen molar-refractivity contribution in [2.75, 3.05) is 18.8 Å². The van der Waals surface area contributed by atoms with Gasteiger partial charge in [-0.25, -0.2) is 0 Å². The Balaban J connectivity index is 2.31. The van der Waals surface area contributed by atoms with E-state index in [-0.39, 0.29) is 18.2 Å². The number of hydrogen-bond acceptors (Lipinski definition) is 3. The van der Waals surface area contributed by atoms with Crippen LogP contribution in [0.15, 0.2) is 12.3 Å². The van der Waals surface area contributed by atoms with Gasteiger partial charge in [0.1, 0.15) is 5.69 Å². The molecule has 0 atom stereocenters. The predicted octanol–water partition coefficient (Wildman–Crippen LogP) is 0.499. The molecule has 2 amide bonds. The van der Waals surface area contributed by atoms with Crippen LogP contribution < -0.4 is 16.4 Å². The first-order chi connectivity index (χ1) is 8.90. The number of nitrogen functional groups attached to an aromatic ring is 1. The van der Waals surface area contributed by atoms with E-state index in [0.717, 1.165) is 0 Å². The number of aromatic nitrogens is 1. The van der Waals surface area contributed by atoms with E-state index in [0.29, 0.717) is 30.4 Å². The lowest BCUT2D eigenvalue weighted by atomic mass is 10.2. The lowest BCUT2D eigenvalue weighted by Crippen LogP contribution is -2.32. The number of nitrogens with zero attached hydrogens (tertiary/aromatic N) is 1. The van der Waals surface area contributed by atoms with Crippen molar-refractivity contribution in [3.63, 3.8) is 0 Å². The van der Waals surface area contributed by atoms with Crippen LogP contribution in [0.25, 0.3) is 0 Å². The third-order valence-electron chi connectivity index (χ3n) is 2.60. The monoisotopic (exact) mass is 266 g/mol. The molecule has 0 saturated carbocycles. The zero-order chi connectivity index (χ0) is 14.4. The Morgan fingerprint density at radius 1 is 1.37 bits per heavy atom. The molecule has 0 aliphatic heterocycles. The van der Waals surface area contributed by atoms with Crippen LogP contribution >= 0.6 is 0 Å². The van der Waals surface area contributed by atoms with Gasteiger partial charge in [0, 0.05) is 32.8 Å². The molecule has 0 radical (unpaired) electrons. The molecule has 4 N–H and O–H groups in total. The maximum atomic E-state index is 11.8. The molecule has 0 spiro atoms. The molecule has 6 nitrogen and oxygen atoms in total. The highest BCUT2D eigenvalue weighted by atomic mass is 16.2. The van der Waals surface area contributed by atoms with Crippen molar-refractivity contribution < 1.29 is 9.59 Å². The van der Waals surface area contributed by atoms with Gasteiger partial charge in [-0.3, -0.25) is 9.59 Å². The normalized spacial score (nSPS) is 10.5. The van der Waals surface area contributed by atoms with Gasteiger partial charge in [-0.15, -0.1) is 0 Å². The van der Waals surface area contributed by atoms with Crippen LogP contribution in [-0.2, 0) is 11.8 Å². The van der Waals surface area contributed by atoms with Crippen LogP contribution in [0.1, 0.15) is 30.8 Å². The average Bonchev–Trinajstić information content (AvgIpc) is 2.65. The molecule has 1 aromatic heterocycles. The fourth-order valence-electron chi connectivity index (χ4n) is 1.60. The molecule has 19 heavy (non-hydrogen) atoms. The van der Waals surface area contributed by atoms with Crippen LogP contribution in [0.3, 0.4) is 0 Å². The maximum Gasteiger partial charge on any atom is 0.267 e. The van der Waals surface area contributed by atoms with E-state index in [1.54, 1.807) is 23.9 Å². The van der Waals surface area contributed by atoms with Gasteiger partial charge in [0.25, 0.3) is 5.91 Å². The van der Waals surface area contributed by atoms with Gasteiger partial charge in [-0.2, -0.15) is 0 Å². The molecular weight excluding hydrogens is 244 g/mol. The number of carbonyl (C=O) groups excluding carboxylic acids is 2. The number of nitrogens with two attached hydrogens (primary N) is 1. The Labute approximate surface area is 113 Å². The minimum atomic E-state index is -0.226. The van der Waals surface area contributed by atoms with Crippen LogP contribution in [0.2, 0.25) is 0 Å². The lowest BCUT2D eigenvalue weighted by molar-refractivity contribution is -0.121. The highest BCUT2D eigenvalue weighted by Gasteiger charge is 2.10. The number of aryl methyl sites for hydroxylation is 1. The number of amides is 2. The minimum absolute atomic E-state index is 0.0552. The Bertz CT molecular complexity index is 451. The molecule has 6 heteroatoms. The van der Waals surface area contributed by atoms with Crippen LogP contribution in [-0.4, -0.2) is 29.5 Å². The molecule has 0 aliphatic carbocycles. The first-order valence-corrected chi connectivity index (χ1v) is 6.37. The highest BCUT2D eigenvalue weighted by Crippen LogP contribution is 2.08. The first kappa shape index (κ1) is 15.1. The number of hydrogen-bond donors (Lipinski definition) is 3. The van der Waals surface area contributed by atoms with Crippen LogP contribution in [0, 0.1) is 5.92 Å². The predicted molar refractivity (Wildman–Crippen MR) is 74.6 cm³/mol. The van der Waals surface area contributed by atoms with Gasteiger partial charge in [0.15, 0.2) is 0 Å². The molecule has 1 heterocycles. The van der Waals surface area contributed by atoms with E-state index < -0.39 is 0 Å². The van der Waals surface area contributed by atoms with E-state index >= 15 is 0 Å². The van der Waals surface area contributed by atoms with Gasteiger partial charge < -0.3 is 20.9 Å². The summed E-state index contributed by atoms with van der Waals surface area (Å²) in [5.74, 6) is 0.140.